The maximum atomic E-state index is 12.6. The van der Waals surface area contributed by atoms with Crippen LogP contribution in [-0.4, -0.2) is 22.8 Å². The summed E-state index contributed by atoms with van der Waals surface area (Å²) >= 11 is 0. The second-order valence-corrected chi connectivity index (χ2v) is 8.27. The molecule has 1 aromatic rings. The molecule has 4 saturated carbocycles. The molecule has 24 heavy (non-hydrogen) atoms. The van der Waals surface area contributed by atoms with Crippen molar-refractivity contribution in [2.75, 3.05) is 0 Å². The third-order valence-electron chi connectivity index (χ3n) is 6.63. The van der Waals surface area contributed by atoms with Crippen LogP contribution in [0.1, 0.15) is 66.3 Å². The van der Waals surface area contributed by atoms with Gasteiger partial charge in [-0.05, 0) is 80.8 Å². The molecular formula is C19H25N3O2. The first kappa shape index (κ1) is 15.6. The molecule has 128 valence electrons. The maximum absolute atomic E-state index is 12.6. The molecule has 0 radical (unpaired) electrons. The summed E-state index contributed by atoms with van der Waals surface area (Å²) in [5.74, 6) is 1.91. The Hall–Kier alpha value is -1.91. The van der Waals surface area contributed by atoms with Gasteiger partial charge in [-0.15, -0.1) is 0 Å². The van der Waals surface area contributed by atoms with E-state index in [0.717, 1.165) is 17.8 Å². The highest BCUT2D eigenvalue weighted by Crippen LogP contribution is 2.61. The Bertz CT molecular complexity index is 632. The number of nitrogens with two attached hydrogens (primary N) is 1. The molecule has 1 aromatic heterocycles. The van der Waals surface area contributed by atoms with Gasteiger partial charge in [-0.25, -0.2) is 0 Å². The molecule has 4 fully saturated rings. The van der Waals surface area contributed by atoms with Crippen molar-refractivity contribution < 1.29 is 9.59 Å². The van der Waals surface area contributed by atoms with E-state index in [-0.39, 0.29) is 23.1 Å². The minimum absolute atomic E-state index is 0.109. The van der Waals surface area contributed by atoms with Crippen molar-refractivity contribution in [2.24, 2.45) is 28.9 Å². The summed E-state index contributed by atoms with van der Waals surface area (Å²) in [5, 5.41) is 3.21. The normalized spacial score (nSPS) is 34.8. The van der Waals surface area contributed by atoms with E-state index < -0.39 is 5.91 Å². The molecule has 5 rings (SSSR count). The zero-order valence-electron chi connectivity index (χ0n) is 14.1. The van der Waals surface area contributed by atoms with Crippen LogP contribution in [0.3, 0.4) is 0 Å². The Morgan fingerprint density at radius 1 is 1.17 bits per heavy atom. The number of carbonyl (C=O) groups excluding carboxylic acids is 2. The average Bonchev–Trinajstić information content (AvgIpc) is 2.53. The Morgan fingerprint density at radius 3 is 2.21 bits per heavy atom. The molecular weight excluding hydrogens is 302 g/mol. The van der Waals surface area contributed by atoms with Gasteiger partial charge >= 0.3 is 0 Å². The van der Waals surface area contributed by atoms with E-state index in [1.165, 1.54) is 50.8 Å². The number of nitrogens with zero attached hydrogens (tertiary/aromatic N) is 1. The molecule has 5 heteroatoms. The Labute approximate surface area is 142 Å². The fourth-order valence-corrected chi connectivity index (χ4v) is 5.81. The smallest absolute Gasteiger partial charge is 0.267 e. The minimum Gasteiger partial charge on any atom is -0.364 e. The average molecular weight is 327 g/mol. The van der Waals surface area contributed by atoms with Crippen LogP contribution < -0.4 is 11.1 Å². The summed E-state index contributed by atoms with van der Waals surface area (Å²) in [4.78, 5) is 27.6. The topological polar surface area (TPSA) is 85.1 Å². The predicted octanol–water partition coefficient (Wildman–Crippen LogP) is 2.52. The van der Waals surface area contributed by atoms with Crippen molar-refractivity contribution in [2.45, 2.75) is 51.5 Å². The SMILES string of the molecule is CC(NC(=O)c1ccc(C(N)=O)nc1)C12CC3CC(CC(C3)C1)C2. The Morgan fingerprint density at radius 2 is 1.75 bits per heavy atom. The lowest BCUT2D eigenvalue weighted by atomic mass is 9.48. The fourth-order valence-electron chi connectivity index (χ4n) is 5.81. The lowest BCUT2D eigenvalue weighted by molar-refractivity contribution is -0.0688. The molecule has 3 N–H and O–H groups in total. The van der Waals surface area contributed by atoms with Gasteiger partial charge in [-0.1, -0.05) is 0 Å². The first-order valence-corrected chi connectivity index (χ1v) is 9.02. The van der Waals surface area contributed by atoms with Gasteiger partial charge in [-0.3, -0.25) is 14.6 Å². The minimum atomic E-state index is -0.580. The Kier molecular flexibility index (Phi) is 3.62. The van der Waals surface area contributed by atoms with Crippen LogP contribution in [0.15, 0.2) is 18.3 Å². The molecule has 5 nitrogen and oxygen atoms in total. The fraction of sp³-hybridized carbons (Fsp3) is 0.632. The summed E-state index contributed by atoms with van der Waals surface area (Å²) in [7, 11) is 0. The third-order valence-corrected chi connectivity index (χ3v) is 6.63. The lowest BCUT2D eigenvalue weighted by Crippen LogP contribution is -2.55. The van der Waals surface area contributed by atoms with Gasteiger partial charge in [-0.2, -0.15) is 0 Å². The highest BCUT2D eigenvalue weighted by atomic mass is 16.2. The number of nitrogens with one attached hydrogen (secondary N) is 1. The molecule has 4 aliphatic rings. The van der Waals surface area contributed by atoms with Crippen molar-refractivity contribution in [3.8, 4) is 0 Å². The highest BCUT2D eigenvalue weighted by molar-refractivity contribution is 5.95. The molecule has 1 heterocycles. The van der Waals surface area contributed by atoms with Gasteiger partial charge in [0.05, 0.1) is 5.56 Å². The highest BCUT2D eigenvalue weighted by Gasteiger charge is 2.53. The number of rotatable bonds is 4. The molecule has 4 aliphatic carbocycles. The zero-order chi connectivity index (χ0) is 16.9. The second kappa shape index (κ2) is 5.57. The quantitative estimate of drug-likeness (QED) is 0.891. The summed E-state index contributed by atoms with van der Waals surface area (Å²) in [6.45, 7) is 2.16. The van der Waals surface area contributed by atoms with E-state index in [2.05, 4.69) is 17.2 Å². The first-order chi connectivity index (χ1) is 11.4. The van der Waals surface area contributed by atoms with Gasteiger partial charge in [0, 0.05) is 12.2 Å². The van der Waals surface area contributed by atoms with E-state index in [0.29, 0.717) is 5.56 Å². The van der Waals surface area contributed by atoms with Gasteiger partial charge in [0.25, 0.3) is 11.8 Å². The summed E-state index contributed by atoms with van der Waals surface area (Å²) < 4.78 is 0. The van der Waals surface area contributed by atoms with Crippen LogP contribution in [-0.2, 0) is 0 Å². The summed E-state index contributed by atoms with van der Waals surface area (Å²) in [6, 6.07) is 3.30. The molecule has 0 aromatic carbocycles. The second-order valence-electron chi connectivity index (χ2n) is 8.27. The first-order valence-electron chi connectivity index (χ1n) is 9.02. The van der Waals surface area contributed by atoms with Crippen molar-refractivity contribution in [3.05, 3.63) is 29.6 Å². The Balaban J connectivity index is 1.46. The number of primary amides is 1. The number of aromatic nitrogens is 1. The van der Waals surface area contributed by atoms with E-state index in [1.54, 1.807) is 6.07 Å². The predicted molar refractivity (Wildman–Crippen MR) is 90.3 cm³/mol. The van der Waals surface area contributed by atoms with E-state index >= 15 is 0 Å². The third kappa shape index (κ3) is 2.60. The molecule has 0 spiro atoms. The van der Waals surface area contributed by atoms with Gasteiger partial charge in [0.1, 0.15) is 5.69 Å². The van der Waals surface area contributed by atoms with Crippen molar-refractivity contribution in [1.82, 2.24) is 10.3 Å². The van der Waals surface area contributed by atoms with E-state index in [9.17, 15) is 9.59 Å². The molecule has 0 saturated heterocycles. The van der Waals surface area contributed by atoms with E-state index in [4.69, 9.17) is 5.73 Å². The van der Waals surface area contributed by atoms with Crippen LogP contribution in [0, 0.1) is 23.2 Å². The number of pyridine rings is 1. The van der Waals surface area contributed by atoms with Gasteiger partial charge in [0.15, 0.2) is 0 Å². The number of amides is 2. The number of carbonyl (C=O) groups is 2. The molecule has 1 unspecified atom stereocenters. The summed E-state index contributed by atoms with van der Waals surface area (Å²) in [5.41, 5.74) is 6.13. The summed E-state index contributed by atoms with van der Waals surface area (Å²) in [6.07, 6.45) is 9.43. The lowest BCUT2D eigenvalue weighted by Gasteiger charge is -2.59. The van der Waals surface area contributed by atoms with Crippen LogP contribution in [0.4, 0.5) is 0 Å². The van der Waals surface area contributed by atoms with Gasteiger partial charge < -0.3 is 11.1 Å². The molecule has 4 bridgehead atoms. The van der Waals surface area contributed by atoms with Crippen LogP contribution in [0.5, 0.6) is 0 Å². The van der Waals surface area contributed by atoms with Crippen LogP contribution >= 0.6 is 0 Å². The van der Waals surface area contributed by atoms with Crippen molar-refractivity contribution in [3.63, 3.8) is 0 Å². The maximum Gasteiger partial charge on any atom is 0.267 e. The number of hydrogen-bond acceptors (Lipinski definition) is 3. The monoisotopic (exact) mass is 327 g/mol. The van der Waals surface area contributed by atoms with Gasteiger partial charge in [0.2, 0.25) is 0 Å². The van der Waals surface area contributed by atoms with Crippen molar-refractivity contribution >= 4 is 11.8 Å². The molecule has 2 amide bonds. The van der Waals surface area contributed by atoms with E-state index in [1.807, 2.05) is 0 Å². The van der Waals surface area contributed by atoms with Crippen LogP contribution in [0.25, 0.3) is 0 Å². The molecule has 1 atom stereocenters. The van der Waals surface area contributed by atoms with Crippen LogP contribution in [0.2, 0.25) is 0 Å². The number of hydrogen-bond donors (Lipinski definition) is 2. The molecule has 0 aliphatic heterocycles. The van der Waals surface area contributed by atoms with Crippen molar-refractivity contribution in [1.29, 1.82) is 0 Å². The standard InChI is InChI=1S/C19H25N3O2/c1-11(19-7-12-4-13(8-19)6-14(5-12)9-19)22-18(24)15-2-3-16(17(20)23)21-10-15/h2-3,10-14H,4-9H2,1H3,(H2,20,23)(H,22,24). The largest absolute Gasteiger partial charge is 0.364 e. The zero-order valence-corrected chi connectivity index (χ0v) is 14.1.